The second kappa shape index (κ2) is 9.77. The lowest BCUT2D eigenvalue weighted by atomic mass is 9.70. The molecule has 0 heterocycles. The minimum Gasteiger partial charge on any atom is -0.490 e. The number of hydrogen-bond donors (Lipinski definition) is 0. The monoisotopic (exact) mass is 400 g/mol. The van der Waals surface area contributed by atoms with E-state index < -0.39 is 5.97 Å². The Balaban J connectivity index is 0.000000208. The Hall–Kier alpha value is -2.56. The van der Waals surface area contributed by atoms with Gasteiger partial charge in [-0.05, 0) is 42.7 Å². The fourth-order valence-electron chi connectivity index (χ4n) is 4.37. The predicted octanol–water partition coefficient (Wildman–Crippen LogP) is 4.73. The van der Waals surface area contributed by atoms with Gasteiger partial charge in [0.05, 0.1) is 0 Å². The van der Waals surface area contributed by atoms with Gasteiger partial charge in [0.15, 0.2) is 0 Å². The average Bonchev–Trinajstić information content (AvgIpc) is 3.05. The third kappa shape index (κ3) is 5.28. The summed E-state index contributed by atoms with van der Waals surface area (Å²) < 4.78 is 15.5. The highest BCUT2D eigenvalue weighted by atomic mass is 16.6. The molecule has 1 aromatic rings. The fraction of sp³-hybridized carbons (Fsp3) is 0.500. The first kappa shape index (κ1) is 22.7. The van der Waals surface area contributed by atoms with E-state index in [2.05, 4.69) is 33.9 Å². The lowest BCUT2D eigenvalue weighted by Crippen LogP contribution is -2.38. The number of fused-ring (bicyclic) bond motifs is 2. The Labute approximate surface area is 173 Å². The number of hydrogen-bond acceptors (Lipinski definition) is 5. The number of esters is 2. The van der Waals surface area contributed by atoms with E-state index in [-0.39, 0.29) is 24.1 Å². The van der Waals surface area contributed by atoms with Crippen LogP contribution in [0.1, 0.15) is 40.0 Å². The fourth-order valence-corrected chi connectivity index (χ4v) is 4.37. The van der Waals surface area contributed by atoms with Gasteiger partial charge in [-0.25, -0.2) is 9.59 Å². The van der Waals surface area contributed by atoms with Crippen LogP contribution in [0.2, 0.25) is 0 Å². The number of carbonyl (C=O) groups excluding carboxylic acids is 2. The number of benzene rings is 1. The molecule has 3 atom stereocenters. The van der Waals surface area contributed by atoms with Gasteiger partial charge in [0.2, 0.25) is 0 Å². The van der Waals surface area contributed by atoms with Crippen molar-refractivity contribution < 1.29 is 23.8 Å². The van der Waals surface area contributed by atoms with Crippen molar-refractivity contribution in [1.82, 2.24) is 0 Å². The van der Waals surface area contributed by atoms with Crippen LogP contribution in [0.15, 0.2) is 55.6 Å². The highest BCUT2D eigenvalue weighted by Crippen LogP contribution is 2.66. The van der Waals surface area contributed by atoms with E-state index in [1.807, 2.05) is 30.3 Å². The van der Waals surface area contributed by atoms with Crippen molar-refractivity contribution in [3.63, 3.8) is 0 Å². The average molecular weight is 401 g/mol. The number of para-hydroxylation sites is 1. The summed E-state index contributed by atoms with van der Waals surface area (Å²) in [4.78, 5) is 21.9. The van der Waals surface area contributed by atoms with Gasteiger partial charge in [0.1, 0.15) is 25.1 Å². The topological polar surface area (TPSA) is 61.8 Å². The lowest BCUT2D eigenvalue weighted by Gasteiger charge is -2.38. The molecule has 0 radical (unpaired) electrons. The summed E-state index contributed by atoms with van der Waals surface area (Å²) in [6.45, 7) is 14.2. The third-order valence-electron chi connectivity index (χ3n) is 6.65. The molecule has 0 aliphatic heterocycles. The largest absolute Gasteiger partial charge is 0.490 e. The molecule has 158 valence electrons. The van der Waals surface area contributed by atoms with Crippen LogP contribution in [0.4, 0.5) is 0 Å². The van der Waals surface area contributed by atoms with E-state index in [1.54, 1.807) is 0 Å². The van der Waals surface area contributed by atoms with Gasteiger partial charge >= 0.3 is 11.9 Å². The van der Waals surface area contributed by atoms with E-state index in [0.29, 0.717) is 17.9 Å². The van der Waals surface area contributed by atoms with Crippen LogP contribution in [0.5, 0.6) is 5.75 Å². The molecule has 2 aliphatic carbocycles. The SMILES string of the molecule is C=CC(=O)OC1CC2CCC1(C)C2(C)C.C=CC(=O)OCCOc1ccccc1. The van der Waals surface area contributed by atoms with Crippen molar-refractivity contribution in [3.8, 4) is 5.75 Å². The molecule has 1 aromatic carbocycles. The third-order valence-corrected chi connectivity index (χ3v) is 6.65. The summed E-state index contributed by atoms with van der Waals surface area (Å²) in [6, 6.07) is 9.35. The molecule has 0 N–H and O–H groups in total. The summed E-state index contributed by atoms with van der Waals surface area (Å²) in [7, 11) is 0. The van der Waals surface area contributed by atoms with Gasteiger partial charge < -0.3 is 14.2 Å². The molecule has 3 rings (SSSR count). The van der Waals surface area contributed by atoms with Crippen molar-refractivity contribution in [2.45, 2.75) is 46.1 Å². The zero-order valence-corrected chi connectivity index (χ0v) is 17.7. The number of ether oxygens (including phenoxy) is 3. The van der Waals surface area contributed by atoms with Gasteiger partial charge in [-0.15, -0.1) is 0 Å². The second-order valence-electron chi connectivity index (χ2n) is 8.27. The van der Waals surface area contributed by atoms with Crippen molar-refractivity contribution in [2.24, 2.45) is 16.7 Å². The predicted molar refractivity (Wildman–Crippen MR) is 112 cm³/mol. The minimum atomic E-state index is -0.429. The summed E-state index contributed by atoms with van der Waals surface area (Å²) >= 11 is 0. The van der Waals surface area contributed by atoms with Crippen molar-refractivity contribution in [2.75, 3.05) is 13.2 Å². The normalized spacial score (nSPS) is 25.9. The van der Waals surface area contributed by atoms with Crippen LogP contribution in [-0.2, 0) is 19.1 Å². The maximum atomic E-state index is 11.3. The highest BCUT2D eigenvalue weighted by molar-refractivity contribution is 5.81. The molecule has 2 saturated carbocycles. The summed E-state index contributed by atoms with van der Waals surface area (Å²) in [5.74, 6) is 0.776. The molecule has 3 unspecified atom stereocenters. The maximum absolute atomic E-state index is 11.3. The molecule has 5 heteroatoms. The van der Waals surface area contributed by atoms with E-state index in [9.17, 15) is 9.59 Å². The van der Waals surface area contributed by atoms with Crippen molar-refractivity contribution in [1.29, 1.82) is 0 Å². The van der Waals surface area contributed by atoms with E-state index in [4.69, 9.17) is 14.2 Å². The smallest absolute Gasteiger partial charge is 0.330 e. The molecule has 0 saturated heterocycles. The van der Waals surface area contributed by atoms with E-state index in [0.717, 1.165) is 18.2 Å². The van der Waals surface area contributed by atoms with Crippen LogP contribution < -0.4 is 4.74 Å². The minimum absolute atomic E-state index is 0.0942. The van der Waals surface area contributed by atoms with Gasteiger partial charge in [-0.3, -0.25) is 0 Å². The van der Waals surface area contributed by atoms with Crippen LogP contribution in [0.25, 0.3) is 0 Å². The zero-order valence-electron chi connectivity index (χ0n) is 17.7. The molecule has 29 heavy (non-hydrogen) atoms. The summed E-state index contributed by atoms with van der Waals surface area (Å²) in [6.07, 6.45) is 5.98. The van der Waals surface area contributed by atoms with Crippen LogP contribution in [0.3, 0.4) is 0 Å². The molecule has 2 bridgehead atoms. The van der Waals surface area contributed by atoms with Crippen molar-refractivity contribution in [3.05, 3.63) is 55.6 Å². The quantitative estimate of drug-likeness (QED) is 0.376. The first-order valence-electron chi connectivity index (χ1n) is 10.0. The Bertz CT molecular complexity index is 724. The van der Waals surface area contributed by atoms with Gasteiger partial charge in [-0.2, -0.15) is 0 Å². The van der Waals surface area contributed by atoms with Gasteiger partial charge in [0.25, 0.3) is 0 Å². The molecular weight excluding hydrogens is 368 g/mol. The summed E-state index contributed by atoms with van der Waals surface area (Å²) in [5.41, 5.74) is 0.468. The van der Waals surface area contributed by atoms with Crippen molar-refractivity contribution >= 4 is 11.9 Å². The standard InChI is InChI=1S/C13H20O2.C11H12O3/c1-5-11(14)15-10-8-9-6-7-13(10,4)12(9,2)3;1-2-11(12)14-9-8-13-10-6-4-3-5-7-10/h5,9-10H,1,6-8H2,2-4H3;2-7H,1,8-9H2. The molecule has 0 spiro atoms. The molecule has 0 aromatic heterocycles. The van der Waals surface area contributed by atoms with E-state index >= 15 is 0 Å². The first-order chi connectivity index (χ1) is 13.7. The number of rotatable bonds is 7. The molecule has 5 nitrogen and oxygen atoms in total. The Morgan fingerprint density at radius 3 is 2.24 bits per heavy atom. The molecule has 0 amide bonds. The molecule has 2 fully saturated rings. The Morgan fingerprint density at radius 2 is 1.72 bits per heavy atom. The van der Waals surface area contributed by atoms with Crippen LogP contribution in [-0.4, -0.2) is 31.3 Å². The number of carbonyl (C=O) groups is 2. The Kier molecular flexibility index (Phi) is 7.66. The second-order valence-corrected chi connectivity index (χ2v) is 8.27. The Morgan fingerprint density at radius 1 is 1.07 bits per heavy atom. The zero-order chi connectivity index (χ0) is 21.5. The molecule has 2 aliphatic rings. The first-order valence-corrected chi connectivity index (χ1v) is 10.0. The van der Waals surface area contributed by atoms with Gasteiger partial charge in [0, 0.05) is 17.6 Å². The van der Waals surface area contributed by atoms with E-state index in [1.165, 1.54) is 18.9 Å². The van der Waals surface area contributed by atoms with Crippen LogP contribution in [0, 0.1) is 16.7 Å². The van der Waals surface area contributed by atoms with Gasteiger partial charge in [-0.1, -0.05) is 52.1 Å². The summed E-state index contributed by atoms with van der Waals surface area (Å²) in [5, 5.41) is 0. The lowest BCUT2D eigenvalue weighted by molar-refractivity contribution is -0.150. The molecular formula is C24H32O5. The highest BCUT2D eigenvalue weighted by Gasteiger charge is 2.62. The maximum Gasteiger partial charge on any atom is 0.330 e. The van der Waals surface area contributed by atoms with Crippen LogP contribution >= 0.6 is 0 Å².